The zero-order valence-electron chi connectivity index (χ0n) is 15.1. The molecule has 0 aromatic heterocycles. The first-order valence-corrected chi connectivity index (χ1v) is 8.67. The first kappa shape index (κ1) is 20.8. The molecule has 0 spiro atoms. The first-order chi connectivity index (χ1) is 13.5. The highest BCUT2D eigenvalue weighted by atomic mass is 19.1. The van der Waals surface area contributed by atoms with Crippen LogP contribution in [0.1, 0.15) is 17.5 Å². The Labute approximate surface area is 162 Å². The normalized spacial score (nSPS) is 11.6. The van der Waals surface area contributed by atoms with E-state index in [4.69, 9.17) is 6.42 Å². The van der Waals surface area contributed by atoms with E-state index < -0.39 is 29.5 Å². The van der Waals surface area contributed by atoms with Gasteiger partial charge < -0.3 is 10.6 Å². The van der Waals surface area contributed by atoms with E-state index in [-0.39, 0.29) is 18.5 Å². The van der Waals surface area contributed by atoms with Gasteiger partial charge in [-0.25, -0.2) is 8.78 Å². The number of rotatable bonds is 8. The van der Waals surface area contributed by atoms with Gasteiger partial charge in [-0.2, -0.15) is 0 Å². The monoisotopic (exact) mass is 382 g/mol. The van der Waals surface area contributed by atoms with E-state index in [0.717, 1.165) is 23.8 Å². The summed E-state index contributed by atoms with van der Waals surface area (Å²) in [5, 5.41) is 5.17. The Morgan fingerprint density at radius 3 is 2.43 bits per heavy atom. The van der Waals surface area contributed by atoms with Gasteiger partial charge >= 0.3 is 0 Å². The number of hydrogen-bond donors (Lipinski definition) is 2. The quantitative estimate of drug-likeness (QED) is 0.419. The summed E-state index contributed by atoms with van der Waals surface area (Å²) in [6.07, 6.45) is 8.32. The molecule has 0 aliphatic carbocycles. The molecule has 0 aliphatic rings. The fraction of sp³-hybridized carbons (Fsp3) is 0.182. The molecule has 0 saturated carbocycles. The Kier molecular flexibility index (Phi) is 7.92. The van der Waals surface area contributed by atoms with Crippen molar-refractivity contribution in [2.24, 2.45) is 0 Å². The van der Waals surface area contributed by atoms with Crippen molar-refractivity contribution in [3.8, 4) is 12.3 Å². The summed E-state index contributed by atoms with van der Waals surface area (Å²) in [4.78, 5) is 24.6. The predicted molar refractivity (Wildman–Crippen MR) is 104 cm³/mol. The molecular formula is C22H20F2N2O2. The number of benzene rings is 2. The summed E-state index contributed by atoms with van der Waals surface area (Å²) in [6.45, 7) is 0.235. The van der Waals surface area contributed by atoms with Gasteiger partial charge in [0.2, 0.25) is 11.8 Å². The fourth-order valence-corrected chi connectivity index (χ4v) is 2.51. The van der Waals surface area contributed by atoms with Crippen molar-refractivity contribution in [2.75, 3.05) is 6.54 Å². The van der Waals surface area contributed by atoms with Crippen LogP contribution in [0.15, 0.2) is 54.6 Å². The van der Waals surface area contributed by atoms with Crippen LogP contribution < -0.4 is 10.6 Å². The SMILES string of the molecule is C#CCCNC(=O)[C@H](Cc1cc(F)cc(F)c1)NC(=O)/C=C/c1ccccc1. The molecule has 2 amide bonds. The van der Waals surface area contributed by atoms with E-state index in [2.05, 4.69) is 16.6 Å². The molecular weight excluding hydrogens is 362 g/mol. The van der Waals surface area contributed by atoms with Crippen molar-refractivity contribution in [3.63, 3.8) is 0 Å². The van der Waals surface area contributed by atoms with Crippen LogP contribution in [0.5, 0.6) is 0 Å². The second-order valence-corrected chi connectivity index (χ2v) is 6.03. The largest absolute Gasteiger partial charge is 0.353 e. The maximum atomic E-state index is 13.4. The van der Waals surface area contributed by atoms with Gasteiger partial charge in [0.25, 0.3) is 0 Å². The van der Waals surface area contributed by atoms with E-state index in [1.807, 2.05) is 30.3 Å². The van der Waals surface area contributed by atoms with Crippen LogP contribution in [-0.2, 0) is 16.0 Å². The summed E-state index contributed by atoms with van der Waals surface area (Å²) in [7, 11) is 0. The number of amides is 2. The third kappa shape index (κ3) is 7.04. The summed E-state index contributed by atoms with van der Waals surface area (Å²) < 4.78 is 26.9. The van der Waals surface area contributed by atoms with Gasteiger partial charge in [0.05, 0.1) is 0 Å². The molecule has 2 N–H and O–H groups in total. The third-order valence-electron chi connectivity index (χ3n) is 3.79. The summed E-state index contributed by atoms with van der Waals surface area (Å²) in [6, 6.07) is 11.1. The molecule has 0 fully saturated rings. The van der Waals surface area contributed by atoms with Crippen LogP contribution in [0.2, 0.25) is 0 Å². The highest BCUT2D eigenvalue weighted by molar-refractivity contribution is 5.95. The van der Waals surface area contributed by atoms with Gasteiger partial charge in [-0.05, 0) is 29.3 Å². The molecule has 28 heavy (non-hydrogen) atoms. The topological polar surface area (TPSA) is 58.2 Å². The number of halogens is 2. The van der Waals surface area contributed by atoms with Crippen molar-refractivity contribution in [3.05, 3.63) is 77.4 Å². The molecule has 0 radical (unpaired) electrons. The van der Waals surface area contributed by atoms with Crippen LogP contribution in [0, 0.1) is 24.0 Å². The maximum Gasteiger partial charge on any atom is 0.244 e. The maximum absolute atomic E-state index is 13.4. The minimum atomic E-state index is -1.01. The molecule has 4 nitrogen and oxygen atoms in total. The van der Waals surface area contributed by atoms with E-state index in [1.54, 1.807) is 6.08 Å². The summed E-state index contributed by atoms with van der Waals surface area (Å²) >= 11 is 0. The molecule has 0 bridgehead atoms. The number of carbonyl (C=O) groups is 2. The zero-order valence-corrected chi connectivity index (χ0v) is 15.1. The van der Waals surface area contributed by atoms with Gasteiger partial charge in [-0.1, -0.05) is 30.3 Å². The summed E-state index contributed by atoms with van der Waals surface area (Å²) in [5.41, 5.74) is 1.07. The smallest absolute Gasteiger partial charge is 0.244 e. The average Bonchev–Trinajstić information content (AvgIpc) is 2.66. The van der Waals surface area contributed by atoms with Crippen molar-refractivity contribution < 1.29 is 18.4 Å². The van der Waals surface area contributed by atoms with Crippen LogP contribution >= 0.6 is 0 Å². The van der Waals surface area contributed by atoms with Gasteiger partial charge in [0.15, 0.2) is 0 Å². The molecule has 1 atom stereocenters. The van der Waals surface area contributed by atoms with E-state index in [1.165, 1.54) is 6.08 Å². The lowest BCUT2D eigenvalue weighted by molar-refractivity contribution is -0.127. The van der Waals surface area contributed by atoms with Crippen LogP contribution in [-0.4, -0.2) is 24.4 Å². The molecule has 6 heteroatoms. The Hall–Kier alpha value is -3.46. The lowest BCUT2D eigenvalue weighted by atomic mass is 10.0. The molecule has 0 aliphatic heterocycles. The average molecular weight is 382 g/mol. The highest BCUT2D eigenvalue weighted by Crippen LogP contribution is 2.11. The standard InChI is InChI=1S/C22H20F2N2O2/c1-2-3-11-25-22(28)20(14-17-12-18(23)15-19(24)13-17)26-21(27)10-9-16-7-5-4-6-8-16/h1,4-10,12-13,15,20H,3,11,14H2,(H,25,28)(H,26,27)/b10-9+/t20-/m0/s1. The number of carbonyl (C=O) groups excluding carboxylic acids is 2. The van der Waals surface area contributed by atoms with Gasteiger partial charge in [-0.3, -0.25) is 9.59 Å². The number of nitrogens with one attached hydrogen (secondary N) is 2. The first-order valence-electron chi connectivity index (χ1n) is 8.67. The molecule has 144 valence electrons. The minimum Gasteiger partial charge on any atom is -0.353 e. The Morgan fingerprint density at radius 2 is 1.79 bits per heavy atom. The highest BCUT2D eigenvalue weighted by Gasteiger charge is 2.20. The molecule has 0 saturated heterocycles. The Bertz CT molecular complexity index is 869. The molecule has 2 aromatic carbocycles. The lowest BCUT2D eigenvalue weighted by Crippen LogP contribution is -2.47. The molecule has 0 unspecified atom stereocenters. The number of hydrogen-bond acceptors (Lipinski definition) is 2. The fourth-order valence-electron chi connectivity index (χ4n) is 2.51. The predicted octanol–water partition coefficient (Wildman–Crippen LogP) is 2.85. The van der Waals surface area contributed by atoms with Crippen molar-refractivity contribution >= 4 is 17.9 Å². The second-order valence-electron chi connectivity index (χ2n) is 6.03. The van der Waals surface area contributed by atoms with Crippen molar-refractivity contribution in [1.29, 1.82) is 0 Å². The molecule has 0 heterocycles. The number of terminal acetylenes is 1. The van der Waals surface area contributed by atoms with E-state index in [0.29, 0.717) is 6.42 Å². The van der Waals surface area contributed by atoms with E-state index in [9.17, 15) is 18.4 Å². The van der Waals surface area contributed by atoms with Crippen LogP contribution in [0.25, 0.3) is 6.08 Å². The van der Waals surface area contributed by atoms with Gasteiger partial charge in [-0.15, -0.1) is 12.3 Å². The van der Waals surface area contributed by atoms with Crippen molar-refractivity contribution in [2.45, 2.75) is 18.9 Å². The van der Waals surface area contributed by atoms with E-state index >= 15 is 0 Å². The van der Waals surface area contributed by atoms with Crippen LogP contribution in [0.3, 0.4) is 0 Å². The zero-order chi connectivity index (χ0) is 20.4. The second kappa shape index (κ2) is 10.6. The van der Waals surface area contributed by atoms with Gasteiger partial charge in [0.1, 0.15) is 17.7 Å². The summed E-state index contributed by atoms with van der Waals surface area (Å²) in [5.74, 6) is -0.0993. The lowest BCUT2D eigenvalue weighted by Gasteiger charge is -2.18. The minimum absolute atomic E-state index is 0.0680. The van der Waals surface area contributed by atoms with Gasteiger partial charge in [0, 0.05) is 31.5 Å². The Balaban J connectivity index is 2.10. The molecule has 2 aromatic rings. The van der Waals surface area contributed by atoms with Crippen molar-refractivity contribution in [1.82, 2.24) is 10.6 Å². The third-order valence-corrected chi connectivity index (χ3v) is 3.79. The Morgan fingerprint density at radius 1 is 1.11 bits per heavy atom. The molecule has 2 rings (SSSR count). The van der Waals surface area contributed by atoms with Crippen LogP contribution in [0.4, 0.5) is 8.78 Å².